The number of hydrogen-bond donors (Lipinski definition) is 1. The van der Waals surface area contributed by atoms with Crippen molar-refractivity contribution in [3.63, 3.8) is 0 Å². The van der Waals surface area contributed by atoms with E-state index >= 15 is 0 Å². The first kappa shape index (κ1) is 23.6. The third-order valence-electron chi connectivity index (χ3n) is 3.96. The van der Waals surface area contributed by atoms with Gasteiger partial charge in [-0.05, 0) is 32.9 Å². The van der Waals surface area contributed by atoms with Gasteiger partial charge in [0.25, 0.3) is 5.91 Å². The molecule has 0 unspecified atom stereocenters. The zero-order chi connectivity index (χ0) is 23.3. The molecule has 0 radical (unpaired) electrons. The number of rotatable bonds is 7. The van der Waals surface area contributed by atoms with Crippen molar-refractivity contribution in [1.82, 2.24) is 0 Å². The summed E-state index contributed by atoms with van der Waals surface area (Å²) in [4.78, 5) is 48.2. The van der Waals surface area contributed by atoms with Crippen LogP contribution in [0.4, 0.5) is 19.1 Å². The van der Waals surface area contributed by atoms with Crippen molar-refractivity contribution in [2.24, 2.45) is 0 Å². The lowest BCUT2D eigenvalue weighted by Crippen LogP contribution is -2.23. The zero-order valence-corrected chi connectivity index (χ0v) is 16.7. The molecule has 0 bridgehead atoms. The number of esters is 2. The first-order valence-corrected chi connectivity index (χ1v) is 8.92. The van der Waals surface area contributed by atoms with Gasteiger partial charge < -0.3 is 13.9 Å². The Labute approximate surface area is 174 Å². The molecular weight excluding hydrogens is 423 g/mol. The predicted molar refractivity (Wildman–Crippen MR) is 99.8 cm³/mol. The maximum absolute atomic E-state index is 13.0. The maximum atomic E-state index is 13.0. The van der Waals surface area contributed by atoms with Crippen LogP contribution in [0.5, 0.6) is 0 Å². The Balaban J connectivity index is 2.18. The molecule has 1 amide bonds. The Kier molecular flexibility index (Phi) is 7.21. The second-order valence-electron chi connectivity index (χ2n) is 6.18. The highest BCUT2D eigenvalue weighted by Gasteiger charge is 2.35. The summed E-state index contributed by atoms with van der Waals surface area (Å²) >= 11 is 0. The summed E-state index contributed by atoms with van der Waals surface area (Å²) in [5.41, 5.74) is -2.38. The Hall–Kier alpha value is -3.63. The third-order valence-corrected chi connectivity index (χ3v) is 3.96. The molecule has 8 nitrogen and oxygen atoms in total. The van der Waals surface area contributed by atoms with Gasteiger partial charge in [0.15, 0.2) is 12.4 Å². The lowest BCUT2D eigenvalue weighted by Gasteiger charge is -2.12. The molecule has 0 aliphatic carbocycles. The minimum atomic E-state index is -4.79. The summed E-state index contributed by atoms with van der Waals surface area (Å²) in [6.07, 6.45) is -4.79. The molecule has 0 spiro atoms. The Morgan fingerprint density at radius 1 is 1.03 bits per heavy atom. The second-order valence-corrected chi connectivity index (χ2v) is 6.18. The largest absolute Gasteiger partial charge is 0.462 e. The highest BCUT2D eigenvalue weighted by Crippen LogP contribution is 2.32. The Morgan fingerprint density at radius 3 is 2.26 bits per heavy atom. The summed E-state index contributed by atoms with van der Waals surface area (Å²) < 4.78 is 53.8. The van der Waals surface area contributed by atoms with E-state index in [1.54, 1.807) is 0 Å². The normalized spacial score (nSPS) is 11.0. The highest BCUT2D eigenvalue weighted by molar-refractivity contribution is 6.10. The number of nitrogens with one attached hydrogen (secondary N) is 1. The van der Waals surface area contributed by atoms with Gasteiger partial charge >= 0.3 is 18.1 Å². The first-order valence-electron chi connectivity index (χ1n) is 8.92. The molecule has 0 aliphatic rings. The number of amides is 1. The minimum absolute atomic E-state index is 0.00990. The second kappa shape index (κ2) is 9.45. The lowest BCUT2D eigenvalue weighted by atomic mass is 10.1. The van der Waals surface area contributed by atoms with E-state index in [-0.39, 0.29) is 23.5 Å². The summed E-state index contributed by atoms with van der Waals surface area (Å²) in [6.45, 7) is 3.14. The number of ether oxygens (including phenoxy) is 2. The number of halogens is 3. The van der Waals surface area contributed by atoms with Gasteiger partial charge in [0.1, 0.15) is 11.3 Å². The molecule has 0 atom stereocenters. The third kappa shape index (κ3) is 5.50. The van der Waals surface area contributed by atoms with Crippen LogP contribution in [0.3, 0.4) is 0 Å². The molecule has 1 aromatic carbocycles. The molecule has 2 aromatic rings. The van der Waals surface area contributed by atoms with Crippen molar-refractivity contribution in [3.8, 4) is 0 Å². The van der Waals surface area contributed by atoms with E-state index < -0.39 is 53.4 Å². The molecule has 31 heavy (non-hydrogen) atoms. The number of anilines is 1. The Bertz CT molecular complexity index is 1020. The molecule has 2 rings (SSSR count). The quantitative estimate of drug-likeness (QED) is 0.514. The SMILES string of the molecule is CCOC(=O)c1c(NC(=O)COC(=O)c2ccccc2C(F)(F)F)oc(C)c1C(C)=O. The van der Waals surface area contributed by atoms with Crippen LogP contribution < -0.4 is 5.32 Å². The molecule has 11 heteroatoms. The van der Waals surface area contributed by atoms with Crippen LogP contribution in [0.2, 0.25) is 0 Å². The molecule has 1 heterocycles. The van der Waals surface area contributed by atoms with Crippen molar-refractivity contribution in [1.29, 1.82) is 0 Å². The molecule has 166 valence electrons. The number of benzene rings is 1. The summed E-state index contributed by atoms with van der Waals surface area (Å²) in [5.74, 6) is -4.17. The van der Waals surface area contributed by atoms with Gasteiger partial charge in [-0.1, -0.05) is 12.1 Å². The fourth-order valence-electron chi connectivity index (χ4n) is 2.73. The van der Waals surface area contributed by atoms with E-state index in [0.717, 1.165) is 12.1 Å². The van der Waals surface area contributed by atoms with E-state index in [4.69, 9.17) is 9.15 Å². The number of Topliss-reactive ketones (excluding diaryl/α,β-unsaturated/α-hetero) is 1. The zero-order valence-electron chi connectivity index (χ0n) is 16.7. The van der Waals surface area contributed by atoms with Crippen LogP contribution in [-0.4, -0.2) is 36.8 Å². The van der Waals surface area contributed by atoms with Crippen LogP contribution in [-0.2, 0) is 20.4 Å². The monoisotopic (exact) mass is 441 g/mol. The number of aryl methyl sites for hydroxylation is 1. The Morgan fingerprint density at radius 2 is 1.68 bits per heavy atom. The topological polar surface area (TPSA) is 112 Å². The molecule has 0 saturated carbocycles. The highest BCUT2D eigenvalue weighted by atomic mass is 19.4. The van der Waals surface area contributed by atoms with Crippen molar-refractivity contribution >= 4 is 29.5 Å². The molecular formula is C20H18F3NO7. The summed E-state index contributed by atoms with van der Waals surface area (Å²) in [6, 6.07) is 3.94. The van der Waals surface area contributed by atoms with Crippen molar-refractivity contribution in [2.75, 3.05) is 18.5 Å². The number of alkyl halides is 3. The van der Waals surface area contributed by atoms with Crippen molar-refractivity contribution < 1.29 is 46.2 Å². The lowest BCUT2D eigenvalue weighted by molar-refractivity contribution is -0.138. The van der Waals surface area contributed by atoms with Gasteiger partial charge in [-0.2, -0.15) is 13.2 Å². The van der Waals surface area contributed by atoms with E-state index in [2.05, 4.69) is 10.1 Å². The van der Waals surface area contributed by atoms with Gasteiger partial charge in [0.05, 0.1) is 23.3 Å². The van der Waals surface area contributed by atoms with Gasteiger partial charge in [0, 0.05) is 0 Å². The maximum Gasteiger partial charge on any atom is 0.417 e. The average Bonchev–Trinajstić information content (AvgIpc) is 3.01. The summed E-state index contributed by atoms with van der Waals surface area (Å²) in [5, 5.41) is 2.16. The van der Waals surface area contributed by atoms with Gasteiger partial charge in [-0.3, -0.25) is 14.9 Å². The van der Waals surface area contributed by atoms with Gasteiger partial charge in [-0.25, -0.2) is 9.59 Å². The van der Waals surface area contributed by atoms with Gasteiger partial charge in [-0.15, -0.1) is 0 Å². The van der Waals surface area contributed by atoms with Crippen LogP contribution in [0, 0.1) is 6.92 Å². The number of hydrogen-bond acceptors (Lipinski definition) is 7. The minimum Gasteiger partial charge on any atom is -0.462 e. The van der Waals surface area contributed by atoms with Crippen LogP contribution in [0.1, 0.15) is 56.2 Å². The molecule has 0 saturated heterocycles. The number of carbonyl (C=O) groups excluding carboxylic acids is 4. The number of furan rings is 1. The van der Waals surface area contributed by atoms with Gasteiger partial charge in [0.2, 0.25) is 5.88 Å². The number of carbonyl (C=O) groups is 4. The van der Waals surface area contributed by atoms with Crippen LogP contribution in [0.15, 0.2) is 28.7 Å². The van der Waals surface area contributed by atoms with Crippen LogP contribution >= 0.6 is 0 Å². The van der Waals surface area contributed by atoms with Crippen molar-refractivity contribution in [3.05, 3.63) is 52.3 Å². The first-order chi connectivity index (χ1) is 14.5. The fourth-order valence-corrected chi connectivity index (χ4v) is 2.73. The molecule has 1 N–H and O–H groups in total. The summed E-state index contributed by atoms with van der Waals surface area (Å²) in [7, 11) is 0. The fraction of sp³-hybridized carbons (Fsp3) is 0.300. The molecule has 0 aliphatic heterocycles. The van der Waals surface area contributed by atoms with E-state index in [1.807, 2.05) is 0 Å². The standard InChI is InChI=1S/C20H18F3NO7/c1-4-29-19(28)16-15(10(2)25)11(3)31-17(16)24-14(26)9-30-18(27)12-7-5-6-8-13(12)20(21,22)23/h5-8H,4,9H2,1-3H3,(H,24,26). The van der Waals surface area contributed by atoms with E-state index in [9.17, 15) is 32.3 Å². The molecule has 1 aromatic heterocycles. The van der Waals surface area contributed by atoms with Crippen LogP contribution in [0.25, 0.3) is 0 Å². The number of ketones is 1. The smallest absolute Gasteiger partial charge is 0.417 e. The van der Waals surface area contributed by atoms with Crippen molar-refractivity contribution in [2.45, 2.75) is 26.9 Å². The predicted octanol–water partition coefficient (Wildman–Crippen LogP) is 3.78. The average molecular weight is 441 g/mol. The van der Waals surface area contributed by atoms with E-state index in [1.165, 1.54) is 26.8 Å². The van der Waals surface area contributed by atoms with E-state index in [0.29, 0.717) is 6.07 Å². The molecule has 0 fully saturated rings.